The molecule has 1 saturated heterocycles. The maximum atomic E-state index is 13.8. The SMILES string of the molecule is N#Cc1cnc2c(Cl)cc(NC(c3cscn3)c3cn(C4CCNCC4)nn3)cc2c1Nc1ccc(F)c(Cl)c1. The van der Waals surface area contributed by atoms with Crippen molar-refractivity contribution >= 4 is 62.5 Å². The summed E-state index contributed by atoms with van der Waals surface area (Å²) in [6, 6.07) is 9.96. The maximum Gasteiger partial charge on any atom is 0.141 e. The molecule has 1 fully saturated rings. The summed E-state index contributed by atoms with van der Waals surface area (Å²) in [5.74, 6) is -0.535. The third kappa shape index (κ3) is 5.31. The van der Waals surface area contributed by atoms with E-state index in [1.807, 2.05) is 22.3 Å². The summed E-state index contributed by atoms with van der Waals surface area (Å²) >= 11 is 14.2. The Bertz CT molecular complexity index is 1710. The van der Waals surface area contributed by atoms with E-state index < -0.39 is 11.9 Å². The Morgan fingerprint density at radius 2 is 1.93 bits per heavy atom. The summed E-state index contributed by atoms with van der Waals surface area (Å²) < 4.78 is 15.7. The summed E-state index contributed by atoms with van der Waals surface area (Å²) in [5.41, 5.74) is 5.75. The molecular formula is C27H22Cl2FN9S. The van der Waals surface area contributed by atoms with Gasteiger partial charge in [0.25, 0.3) is 0 Å². The predicted octanol–water partition coefficient (Wildman–Crippen LogP) is 6.47. The molecule has 0 spiro atoms. The Balaban J connectivity index is 1.39. The first kappa shape index (κ1) is 26.4. The number of nitrogens with one attached hydrogen (secondary N) is 3. The van der Waals surface area contributed by atoms with Crippen molar-refractivity contribution in [2.24, 2.45) is 0 Å². The van der Waals surface area contributed by atoms with Gasteiger partial charge in [0.15, 0.2) is 0 Å². The zero-order chi connectivity index (χ0) is 27.6. The molecule has 40 heavy (non-hydrogen) atoms. The Labute approximate surface area is 243 Å². The average Bonchev–Trinajstić information content (AvgIpc) is 3.68. The third-order valence-corrected chi connectivity index (χ3v) is 7.98. The van der Waals surface area contributed by atoms with Gasteiger partial charge in [-0.3, -0.25) is 4.98 Å². The minimum absolute atomic E-state index is 0.0362. The molecule has 2 aromatic carbocycles. The minimum Gasteiger partial charge on any atom is -0.371 e. The Morgan fingerprint density at radius 1 is 1.10 bits per heavy atom. The fourth-order valence-electron chi connectivity index (χ4n) is 4.78. The number of fused-ring (bicyclic) bond motifs is 1. The van der Waals surface area contributed by atoms with Gasteiger partial charge in [-0.05, 0) is 56.3 Å². The number of benzene rings is 2. The fourth-order valence-corrected chi connectivity index (χ4v) is 5.81. The van der Waals surface area contributed by atoms with E-state index in [2.05, 4.69) is 42.3 Å². The summed E-state index contributed by atoms with van der Waals surface area (Å²) in [7, 11) is 0. The summed E-state index contributed by atoms with van der Waals surface area (Å²) in [6.07, 6.45) is 5.39. The van der Waals surface area contributed by atoms with Gasteiger partial charge < -0.3 is 16.0 Å². The largest absolute Gasteiger partial charge is 0.371 e. The van der Waals surface area contributed by atoms with E-state index in [-0.39, 0.29) is 11.1 Å². The number of anilines is 3. The van der Waals surface area contributed by atoms with Gasteiger partial charge in [-0.2, -0.15) is 5.26 Å². The molecule has 0 amide bonds. The van der Waals surface area contributed by atoms with E-state index in [4.69, 9.17) is 23.2 Å². The second-order valence-electron chi connectivity index (χ2n) is 9.36. The highest BCUT2D eigenvalue weighted by Crippen LogP contribution is 2.37. The molecule has 0 radical (unpaired) electrons. The van der Waals surface area contributed by atoms with Crippen molar-refractivity contribution in [3.05, 3.63) is 86.4 Å². The monoisotopic (exact) mass is 593 g/mol. The first-order valence-electron chi connectivity index (χ1n) is 12.5. The molecule has 13 heteroatoms. The maximum absolute atomic E-state index is 13.8. The van der Waals surface area contributed by atoms with Crippen molar-refractivity contribution < 1.29 is 4.39 Å². The molecule has 0 aliphatic carbocycles. The average molecular weight is 595 g/mol. The summed E-state index contributed by atoms with van der Waals surface area (Å²) in [5, 5.41) is 31.8. The molecular weight excluding hydrogens is 572 g/mol. The highest BCUT2D eigenvalue weighted by atomic mass is 35.5. The van der Waals surface area contributed by atoms with Crippen LogP contribution in [0.2, 0.25) is 10.0 Å². The van der Waals surface area contributed by atoms with Gasteiger partial charge in [-0.1, -0.05) is 28.4 Å². The van der Waals surface area contributed by atoms with E-state index >= 15 is 0 Å². The van der Waals surface area contributed by atoms with E-state index in [0.29, 0.717) is 38.6 Å². The molecule has 202 valence electrons. The van der Waals surface area contributed by atoms with Crippen molar-refractivity contribution in [3.8, 4) is 6.07 Å². The van der Waals surface area contributed by atoms with E-state index in [0.717, 1.165) is 37.3 Å². The molecule has 1 aliphatic rings. The van der Waals surface area contributed by atoms with Crippen LogP contribution in [0.3, 0.4) is 0 Å². The van der Waals surface area contributed by atoms with Gasteiger partial charge >= 0.3 is 0 Å². The topological polar surface area (TPSA) is 116 Å². The lowest BCUT2D eigenvalue weighted by Crippen LogP contribution is -2.29. The van der Waals surface area contributed by atoms with Crippen molar-refractivity contribution in [1.29, 1.82) is 5.26 Å². The van der Waals surface area contributed by atoms with Crippen LogP contribution in [0.1, 0.15) is 41.9 Å². The van der Waals surface area contributed by atoms with E-state index in [1.54, 1.807) is 17.6 Å². The van der Waals surface area contributed by atoms with Crippen LogP contribution in [0.15, 0.2) is 53.6 Å². The number of hydrogen-bond acceptors (Lipinski definition) is 9. The van der Waals surface area contributed by atoms with Crippen molar-refractivity contribution in [2.45, 2.75) is 24.9 Å². The van der Waals surface area contributed by atoms with Gasteiger partial charge in [0, 0.05) is 28.3 Å². The normalized spacial score (nSPS) is 14.7. The first-order chi connectivity index (χ1) is 19.5. The van der Waals surface area contributed by atoms with Crippen molar-refractivity contribution in [1.82, 2.24) is 30.3 Å². The van der Waals surface area contributed by atoms with Crippen LogP contribution in [-0.4, -0.2) is 38.1 Å². The second-order valence-corrected chi connectivity index (χ2v) is 10.9. The molecule has 5 aromatic rings. The summed E-state index contributed by atoms with van der Waals surface area (Å²) in [4.78, 5) is 8.96. The standard InChI is InChI=1S/C27H22Cl2FN9S/c28-20-8-16(1-2-22(20)30)35-25-15(10-31)11-33-26-19(25)7-17(9-21(26)29)36-27(24-13-40-14-34-24)23-12-39(38-37-23)18-3-5-32-6-4-18/h1-2,7-9,11-14,18,27,32,36H,3-6H2,(H,33,35). The highest BCUT2D eigenvalue weighted by Gasteiger charge is 2.24. The third-order valence-electron chi connectivity index (χ3n) is 6.80. The van der Waals surface area contributed by atoms with Gasteiger partial charge in [-0.25, -0.2) is 14.1 Å². The summed E-state index contributed by atoms with van der Waals surface area (Å²) in [6.45, 7) is 1.89. The Kier molecular flexibility index (Phi) is 7.49. The number of pyridine rings is 1. The molecule has 3 N–H and O–H groups in total. The number of thiazole rings is 1. The first-order valence-corrected chi connectivity index (χ1v) is 14.2. The molecule has 3 aromatic heterocycles. The van der Waals surface area contributed by atoms with Gasteiger partial charge in [0.05, 0.1) is 50.3 Å². The lowest BCUT2D eigenvalue weighted by atomic mass is 10.1. The quantitative estimate of drug-likeness (QED) is 0.196. The number of piperidine rings is 1. The number of halogens is 3. The lowest BCUT2D eigenvalue weighted by Gasteiger charge is -2.22. The second kappa shape index (κ2) is 11.3. The number of nitriles is 1. The molecule has 0 saturated carbocycles. The van der Waals surface area contributed by atoms with Crippen LogP contribution in [0.25, 0.3) is 10.9 Å². The minimum atomic E-state index is -0.535. The van der Waals surface area contributed by atoms with Crippen LogP contribution in [0.4, 0.5) is 21.5 Å². The molecule has 0 bridgehead atoms. The molecule has 1 atom stereocenters. The molecule has 1 unspecified atom stereocenters. The number of nitrogens with zero attached hydrogens (tertiary/aromatic N) is 6. The highest BCUT2D eigenvalue weighted by molar-refractivity contribution is 7.07. The van der Waals surface area contributed by atoms with Crippen LogP contribution in [-0.2, 0) is 0 Å². The lowest BCUT2D eigenvalue weighted by molar-refractivity contribution is 0.337. The molecule has 4 heterocycles. The van der Waals surface area contributed by atoms with Crippen LogP contribution < -0.4 is 16.0 Å². The van der Waals surface area contributed by atoms with Crippen LogP contribution >= 0.6 is 34.5 Å². The van der Waals surface area contributed by atoms with E-state index in [9.17, 15) is 9.65 Å². The number of rotatable bonds is 7. The van der Waals surface area contributed by atoms with Crippen LogP contribution in [0, 0.1) is 17.1 Å². The molecule has 1 aliphatic heterocycles. The molecule has 6 rings (SSSR count). The van der Waals surface area contributed by atoms with Crippen LogP contribution in [0.5, 0.6) is 0 Å². The number of hydrogen-bond donors (Lipinski definition) is 3. The predicted molar refractivity (Wildman–Crippen MR) is 155 cm³/mol. The van der Waals surface area contributed by atoms with Gasteiger partial charge in [0.1, 0.15) is 23.6 Å². The zero-order valence-electron chi connectivity index (χ0n) is 20.9. The van der Waals surface area contributed by atoms with Crippen molar-refractivity contribution in [3.63, 3.8) is 0 Å². The fraction of sp³-hybridized carbons (Fsp3) is 0.222. The van der Waals surface area contributed by atoms with Gasteiger partial charge in [0.2, 0.25) is 0 Å². The zero-order valence-corrected chi connectivity index (χ0v) is 23.2. The van der Waals surface area contributed by atoms with E-state index in [1.165, 1.54) is 29.7 Å². The van der Waals surface area contributed by atoms with Crippen molar-refractivity contribution in [2.75, 3.05) is 23.7 Å². The number of aromatic nitrogens is 5. The Hall–Kier alpha value is -3.82. The molecule has 9 nitrogen and oxygen atoms in total. The Morgan fingerprint density at radius 3 is 2.67 bits per heavy atom. The van der Waals surface area contributed by atoms with Gasteiger partial charge in [-0.15, -0.1) is 16.4 Å². The smallest absolute Gasteiger partial charge is 0.141 e.